The van der Waals surface area contributed by atoms with Crippen molar-refractivity contribution >= 4 is 17.5 Å². The first-order chi connectivity index (χ1) is 11.6. The molecule has 1 aliphatic heterocycles. The highest BCUT2D eigenvalue weighted by molar-refractivity contribution is 6.31. The topological polar surface area (TPSA) is 50.8 Å². The molecule has 1 aliphatic rings. The minimum absolute atomic E-state index is 0.0629. The lowest BCUT2D eigenvalue weighted by molar-refractivity contribution is -0.128. The van der Waals surface area contributed by atoms with Crippen LogP contribution in [-0.2, 0) is 9.53 Å². The molecule has 0 bridgehead atoms. The van der Waals surface area contributed by atoms with Crippen molar-refractivity contribution in [3.63, 3.8) is 0 Å². The van der Waals surface area contributed by atoms with Crippen LogP contribution in [0.5, 0.6) is 5.75 Å². The van der Waals surface area contributed by atoms with Crippen LogP contribution in [0.2, 0.25) is 5.02 Å². The summed E-state index contributed by atoms with van der Waals surface area (Å²) >= 11 is 6.02. The van der Waals surface area contributed by atoms with Gasteiger partial charge in [-0.2, -0.15) is 0 Å². The molecule has 1 N–H and O–H groups in total. The number of ether oxygens (including phenoxy) is 2. The van der Waals surface area contributed by atoms with Gasteiger partial charge in [0.05, 0.1) is 13.2 Å². The third-order valence-electron chi connectivity index (χ3n) is 4.13. The van der Waals surface area contributed by atoms with Crippen molar-refractivity contribution in [1.29, 1.82) is 0 Å². The van der Waals surface area contributed by atoms with Crippen molar-refractivity contribution in [2.24, 2.45) is 0 Å². The molecular weight excluding hydrogens is 328 g/mol. The van der Waals surface area contributed by atoms with Gasteiger partial charge in [0.15, 0.2) is 6.10 Å². The molecule has 6 heteroatoms. The number of morpholine rings is 1. The summed E-state index contributed by atoms with van der Waals surface area (Å²) in [7, 11) is 0. The van der Waals surface area contributed by atoms with E-state index in [4.69, 9.17) is 21.1 Å². The zero-order chi connectivity index (χ0) is 17.4. The number of hydrogen-bond donors (Lipinski definition) is 1. The zero-order valence-electron chi connectivity index (χ0n) is 14.5. The first-order valence-corrected chi connectivity index (χ1v) is 8.98. The monoisotopic (exact) mass is 354 g/mol. The van der Waals surface area contributed by atoms with Crippen LogP contribution in [0.25, 0.3) is 0 Å². The largest absolute Gasteiger partial charge is 0.481 e. The minimum atomic E-state index is -0.478. The maximum Gasteiger partial charge on any atom is 0.261 e. The van der Waals surface area contributed by atoms with Gasteiger partial charge >= 0.3 is 0 Å². The first-order valence-electron chi connectivity index (χ1n) is 8.60. The molecule has 1 amide bonds. The number of halogens is 1. The fourth-order valence-electron chi connectivity index (χ4n) is 2.63. The van der Waals surface area contributed by atoms with Crippen LogP contribution < -0.4 is 10.1 Å². The van der Waals surface area contributed by atoms with Crippen LogP contribution in [0.1, 0.15) is 25.3 Å². The smallest absolute Gasteiger partial charge is 0.261 e. The fourth-order valence-corrected chi connectivity index (χ4v) is 2.75. The van der Waals surface area contributed by atoms with Gasteiger partial charge in [-0.05, 0) is 50.1 Å². The molecule has 0 saturated carbocycles. The standard InChI is InChI=1S/C18H27ClN2O3/c1-3-17(24-15-5-6-16(19)14(2)13-15)18(22)20-7-4-8-21-9-11-23-12-10-21/h5-6,13,17H,3-4,7-12H2,1-2H3,(H,20,22)/t17-/m1/s1. The van der Waals surface area contributed by atoms with Gasteiger partial charge in [0.1, 0.15) is 5.75 Å². The fraction of sp³-hybridized carbons (Fsp3) is 0.611. The van der Waals surface area contributed by atoms with Gasteiger partial charge in [-0.25, -0.2) is 0 Å². The predicted molar refractivity (Wildman–Crippen MR) is 95.8 cm³/mol. The van der Waals surface area contributed by atoms with E-state index < -0.39 is 6.10 Å². The Morgan fingerprint density at radius 1 is 1.42 bits per heavy atom. The summed E-state index contributed by atoms with van der Waals surface area (Å²) in [5.74, 6) is 0.610. The van der Waals surface area contributed by atoms with Gasteiger partial charge in [0, 0.05) is 24.7 Å². The molecule has 1 aromatic carbocycles. The highest BCUT2D eigenvalue weighted by atomic mass is 35.5. The van der Waals surface area contributed by atoms with Crippen molar-refractivity contribution in [2.45, 2.75) is 32.8 Å². The van der Waals surface area contributed by atoms with Crippen LogP contribution in [-0.4, -0.2) is 56.3 Å². The Labute approximate surface area is 149 Å². The summed E-state index contributed by atoms with van der Waals surface area (Å²) in [6.45, 7) is 9.07. The first kappa shape index (κ1) is 19.0. The second-order valence-corrected chi connectivity index (χ2v) is 6.43. The van der Waals surface area contributed by atoms with Gasteiger partial charge in [0.25, 0.3) is 5.91 Å². The summed E-state index contributed by atoms with van der Waals surface area (Å²) in [4.78, 5) is 14.6. The van der Waals surface area contributed by atoms with Crippen LogP contribution in [0, 0.1) is 6.92 Å². The number of nitrogens with zero attached hydrogens (tertiary/aromatic N) is 1. The number of benzene rings is 1. The van der Waals surface area contributed by atoms with Crippen molar-refractivity contribution in [3.8, 4) is 5.75 Å². The molecule has 1 atom stereocenters. The average Bonchev–Trinajstić information content (AvgIpc) is 2.60. The second-order valence-electron chi connectivity index (χ2n) is 6.02. The molecule has 0 aliphatic carbocycles. The zero-order valence-corrected chi connectivity index (χ0v) is 15.3. The predicted octanol–water partition coefficient (Wildman–Crippen LogP) is 2.64. The van der Waals surface area contributed by atoms with E-state index in [0.717, 1.165) is 44.8 Å². The molecular formula is C18H27ClN2O3. The van der Waals surface area contributed by atoms with E-state index in [9.17, 15) is 4.79 Å². The summed E-state index contributed by atoms with van der Waals surface area (Å²) in [5.41, 5.74) is 0.940. The summed E-state index contributed by atoms with van der Waals surface area (Å²) in [5, 5.41) is 3.67. The Kier molecular flexibility index (Phi) is 7.82. The van der Waals surface area contributed by atoms with Gasteiger partial charge in [-0.1, -0.05) is 18.5 Å². The quantitative estimate of drug-likeness (QED) is 0.729. The molecule has 1 heterocycles. The lowest BCUT2D eigenvalue weighted by Gasteiger charge is -2.26. The molecule has 1 aromatic rings. The molecule has 0 unspecified atom stereocenters. The van der Waals surface area contributed by atoms with E-state index in [0.29, 0.717) is 23.7 Å². The lowest BCUT2D eigenvalue weighted by atomic mass is 10.2. The maximum absolute atomic E-state index is 12.3. The molecule has 2 rings (SSSR count). The molecule has 1 fully saturated rings. The molecule has 5 nitrogen and oxygen atoms in total. The third-order valence-corrected chi connectivity index (χ3v) is 4.55. The normalized spacial score (nSPS) is 16.6. The number of hydrogen-bond acceptors (Lipinski definition) is 4. The number of amides is 1. The van der Waals surface area contributed by atoms with Crippen molar-refractivity contribution in [2.75, 3.05) is 39.4 Å². The van der Waals surface area contributed by atoms with Gasteiger partial charge in [-0.15, -0.1) is 0 Å². The van der Waals surface area contributed by atoms with E-state index in [1.807, 2.05) is 19.9 Å². The Morgan fingerprint density at radius 2 is 2.17 bits per heavy atom. The Morgan fingerprint density at radius 3 is 2.83 bits per heavy atom. The molecule has 0 radical (unpaired) electrons. The Balaban J connectivity index is 1.73. The Hall–Kier alpha value is -1.30. The van der Waals surface area contributed by atoms with Gasteiger partial charge in [-0.3, -0.25) is 9.69 Å². The van der Waals surface area contributed by atoms with Crippen LogP contribution in [0.3, 0.4) is 0 Å². The van der Waals surface area contributed by atoms with Gasteiger partial charge in [0.2, 0.25) is 0 Å². The van der Waals surface area contributed by atoms with E-state index in [1.54, 1.807) is 12.1 Å². The van der Waals surface area contributed by atoms with Crippen LogP contribution in [0.4, 0.5) is 0 Å². The van der Waals surface area contributed by atoms with Gasteiger partial charge < -0.3 is 14.8 Å². The van der Waals surface area contributed by atoms with Crippen molar-refractivity contribution < 1.29 is 14.3 Å². The SMILES string of the molecule is CC[C@@H](Oc1ccc(Cl)c(C)c1)C(=O)NCCCN1CCOCC1. The van der Waals surface area contributed by atoms with E-state index in [1.165, 1.54) is 0 Å². The Bertz CT molecular complexity index is 533. The number of nitrogens with one attached hydrogen (secondary N) is 1. The molecule has 0 aromatic heterocycles. The summed E-state index contributed by atoms with van der Waals surface area (Å²) in [6, 6.07) is 5.44. The second kappa shape index (κ2) is 9.87. The third kappa shape index (κ3) is 5.96. The number of rotatable bonds is 8. The number of carbonyl (C=O) groups excluding carboxylic acids is 1. The van der Waals surface area contributed by atoms with Crippen LogP contribution >= 0.6 is 11.6 Å². The van der Waals surface area contributed by atoms with Crippen LogP contribution in [0.15, 0.2) is 18.2 Å². The lowest BCUT2D eigenvalue weighted by Crippen LogP contribution is -2.41. The van der Waals surface area contributed by atoms with E-state index in [-0.39, 0.29) is 5.91 Å². The van der Waals surface area contributed by atoms with Crippen molar-refractivity contribution in [3.05, 3.63) is 28.8 Å². The number of carbonyl (C=O) groups is 1. The van der Waals surface area contributed by atoms with E-state index >= 15 is 0 Å². The minimum Gasteiger partial charge on any atom is -0.481 e. The van der Waals surface area contributed by atoms with Crippen molar-refractivity contribution in [1.82, 2.24) is 10.2 Å². The molecule has 24 heavy (non-hydrogen) atoms. The molecule has 134 valence electrons. The maximum atomic E-state index is 12.3. The molecule has 0 spiro atoms. The van der Waals surface area contributed by atoms with E-state index in [2.05, 4.69) is 10.2 Å². The number of aryl methyl sites for hydroxylation is 1. The molecule has 1 saturated heterocycles. The summed E-state index contributed by atoms with van der Waals surface area (Å²) < 4.78 is 11.1. The highest BCUT2D eigenvalue weighted by Crippen LogP contribution is 2.22. The average molecular weight is 355 g/mol. The summed E-state index contributed by atoms with van der Waals surface area (Å²) in [6.07, 6.45) is 1.08. The highest BCUT2D eigenvalue weighted by Gasteiger charge is 2.18.